The van der Waals surface area contributed by atoms with E-state index in [1.54, 1.807) is 0 Å². The average Bonchev–Trinajstić information content (AvgIpc) is 2.83. The van der Waals surface area contributed by atoms with Crippen LogP contribution in [0.2, 0.25) is 0 Å². The van der Waals surface area contributed by atoms with E-state index in [1.165, 1.54) is 11.1 Å². The van der Waals surface area contributed by atoms with Gasteiger partial charge in [0.05, 0.1) is 5.54 Å². The Hall–Kier alpha value is -2.22. The zero-order valence-electron chi connectivity index (χ0n) is 14.2. The van der Waals surface area contributed by atoms with Crippen LogP contribution in [0.5, 0.6) is 0 Å². The molecule has 1 aliphatic heterocycles. The number of rotatable bonds is 3. The van der Waals surface area contributed by atoms with Crippen LogP contribution in [-0.4, -0.2) is 5.54 Å². The van der Waals surface area contributed by atoms with Gasteiger partial charge in [-0.15, -0.1) is 0 Å². The fraction of sp³-hybridized carbons (Fsp3) is 0.364. The van der Waals surface area contributed by atoms with E-state index >= 15 is 0 Å². The summed E-state index contributed by atoms with van der Waals surface area (Å²) in [6.45, 7) is 4.73. The second-order valence-electron chi connectivity index (χ2n) is 7.91. The van der Waals surface area contributed by atoms with Crippen molar-refractivity contribution < 1.29 is 0 Å². The Labute approximate surface area is 143 Å². The first-order valence-electron chi connectivity index (χ1n) is 8.84. The average molecular weight is 314 g/mol. The van der Waals surface area contributed by atoms with Crippen LogP contribution in [0, 0.1) is 17.3 Å². The molecule has 5 rings (SSSR count). The Morgan fingerprint density at radius 2 is 1.42 bits per heavy atom. The molecule has 2 aromatic rings. The Balaban J connectivity index is 1.71. The Morgan fingerprint density at radius 1 is 0.792 bits per heavy atom. The predicted octanol–water partition coefficient (Wildman–Crippen LogP) is 5.17. The molecule has 5 unspecified atom stereocenters. The molecule has 3 aliphatic rings. The van der Waals surface area contributed by atoms with E-state index in [4.69, 9.17) is 10.2 Å². The van der Waals surface area contributed by atoms with Gasteiger partial charge in [0.15, 0.2) is 0 Å². The molecule has 1 saturated carbocycles. The maximum absolute atomic E-state index is 4.98. The molecule has 2 heteroatoms. The molecule has 1 fully saturated rings. The highest BCUT2D eigenvalue weighted by atomic mass is 15.3. The number of nitrogens with zero attached hydrogens (tertiary/aromatic N) is 2. The first-order valence-corrected chi connectivity index (χ1v) is 8.84. The van der Waals surface area contributed by atoms with Gasteiger partial charge in [0.1, 0.15) is 5.54 Å². The summed E-state index contributed by atoms with van der Waals surface area (Å²) >= 11 is 0. The number of hydrogen-bond donors (Lipinski definition) is 0. The van der Waals surface area contributed by atoms with Crippen molar-refractivity contribution in [3.63, 3.8) is 0 Å². The van der Waals surface area contributed by atoms with Gasteiger partial charge in [0.2, 0.25) is 0 Å². The summed E-state index contributed by atoms with van der Waals surface area (Å²) < 4.78 is 0. The maximum Gasteiger partial charge on any atom is 0.121 e. The molecule has 24 heavy (non-hydrogen) atoms. The molecular weight excluding hydrogens is 292 g/mol. The third-order valence-electron chi connectivity index (χ3n) is 7.03. The molecule has 1 heterocycles. The minimum Gasteiger partial charge on any atom is -0.185 e. The lowest BCUT2D eigenvalue weighted by atomic mass is 9.61. The smallest absolute Gasteiger partial charge is 0.121 e. The fourth-order valence-corrected chi connectivity index (χ4v) is 5.51. The Morgan fingerprint density at radius 3 is 2.04 bits per heavy atom. The van der Waals surface area contributed by atoms with Gasteiger partial charge >= 0.3 is 0 Å². The van der Waals surface area contributed by atoms with Crippen LogP contribution in [0.3, 0.4) is 0 Å². The van der Waals surface area contributed by atoms with E-state index in [9.17, 15) is 0 Å². The third-order valence-corrected chi connectivity index (χ3v) is 7.03. The lowest BCUT2D eigenvalue weighted by molar-refractivity contribution is 0.144. The molecule has 2 nitrogen and oxygen atoms in total. The summed E-state index contributed by atoms with van der Waals surface area (Å²) in [5, 5.41) is 9.87. The Kier molecular flexibility index (Phi) is 2.62. The van der Waals surface area contributed by atoms with Gasteiger partial charge < -0.3 is 0 Å². The molecule has 5 atom stereocenters. The standard InChI is InChI=1S/C22H22N2/c1-20(15-16-9-5-3-6-10-16)21(2)18-13-14-19(18)22(20,24-23-21)17-11-7-4-8-12-17/h3-14,18-19H,15H2,1-2H3. The van der Waals surface area contributed by atoms with Crippen LogP contribution in [0.15, 0.2) is 83.0 Å². The lowest BCUT2D eigenvalue weighted by Gasteiger charge is -2.42. The highest BCUT2D eigenvalue weighted by molar-refractivity contribution is 5.47. The van der Waals surface area contributed by atoms with Crippen LogP contribution >= 0.6 is 0 Å². The SMILES string of the molecule is CC12N=NC(c3ccccc3)(C3C=CC31)C2(C)Cc1ccccc1. The van der Waals surface area contributed by atoms with Gasteiger partial charge in [-0.1, -0.05) is 79.7 Å². The number of azo groups is 1. The summed E-state index contributed by atoms with van der Waals surface area (Å²) in [7, 11) is 0. The number of fused-ring (bicyclic) bond motifs is 5. The fourth-order valence-electron chi connectivity index (χ4n) is 5.51. The van der Waals surface area contributed by atoms with Gasteiger partial charge in [-0.05, 0) is 24.5 Å². The molecule has 2 aromatic carbocycles. The molecule has 2 bridgehead atoms. The number of benzene rings is 2. The van der Waals surface area contributed by atoms with Crippen LogP contribution in [0.4, 0.5) is 0 Å². The summed E-state index contributed by atoms with van der Waals surface area (Å²) in [6, 6.07) is 21.7. The van der Waals surface area contributed by atoms with E-state index in [-0.39, 0.29) is 16.5 Å². The summed E-state index contributed by atoms with van der Waals surface area (Å²) in [5.41, 5.74) is 2.30. The molecule has 0 N–H and O–H groups in total. The first-order chi connectivity index (χ1) is 11.6. The first kappa shape index (κ1) is 14.2. The Bertz CT molecular complexity index is 841. The quantitative estimate of drug-likeness (QED) is 0.698. The van der Waals surface area contributed by atoms with Crippen LogP contribution in [0.25, 0.3) is 0 Å². The molecule has 2 aliphatic carbocycles. The van der Waals surface area contributed by atoms with E-state index < -0.39 is 0 Å². The van der Waals surface area contributed by atoms with E-state index in [0.717, 1.165) is 6.42 Å². The summed E-state index contributed by atoms with van der Waals surface area (Å²) in [5.74, 6) is 0.972. The highest BCUT2D eigenvalue weighted by Crippen LogP contribution is 2.74. The van der Waals surface area contributed by atoms with Gasteiger partial charge in [-0.2, -0.15) is 10.2 Å². The van der Waals surface area contributed by atoms with Crippen molar-refractivity contribution in [2.45, 2.75) is 31.3 Å². The minimum atomic E-state index is -0.238. The highest BCUT2D eigenvalue weighted by Gasteiger charge is 2.77. The minimum absolute atomic E-state index is 0.0263. The van der Waals surface area contributed by atoms with Gasteiger partial charge in [-0.25, -0.2) is 0 Å². The second kappa shape index (κ2) is 4.44. The van der Waals surface area contributed by atoms with E-state index in [1.807, 2.05) is 0 Å². The zero-order chi connectivity index (χ0) is 16.4. The topological polar surface area (TPSA) is 24.7 Å². The van der Waals surface area contributed by atoms with Crippen molar-refractivity contribution in [2.24, 2.45) is 27.5 Å². The van der Waals surface area contributed by atoms with Crippen molar-refractivity contribution in [1.82, 2.24) is 0 Å². The zero-order valence-corrected chi connectivity index (χ0v) is 14.2. The molecule has 0 radical (unpaired) electrons. The van der Waals surface area contributed by atoms with Gasteiger partial charge in [0, 0.05) is 17.3 Å². The van der Waals surface area contributed by atoms with E-state index in [0.29, 0.717) is 11.8 Å². The van der Waals surface area contributed by atoms with Crippen LogP contribution < -0.4 is 0 Å². The van der Waals surface area contributed by atoms with Gasteiger partial charge in [0.25, 0.3) is 0 Å². The lowest BCUT2D eigenvalue weighted by Crippen LogP contribution is -2.47. The maximum atomic E-state index is 4.98. The molecule has 0 spiro atoms. The second-order valence-corrected chi connectivity index (χ2v) is 7.91. The normalized spacial score (nSPS) is 41.2. The molecule has 0 saturated heterocycles. The van der Waals surface area contributed by atoms with Crippen molar-refractivity contribution in [1.29, 1.82) is 0 Å². The van der Waals surface area contributed by atoms with E-state index in [2.05, 4.69) is 86.7 Å². The van der Waals surface area contributed by atoms with Crippen molar-refractivity contribution in [3.05, 3.63) is 83.9 Å². The van der Waals surface area contributed by atoms with Crippen LogP contribution in [0.1, 0.15) is 25.0 Å². The molecule has 0 amide bonds. The summed E-state index contributed by atoms with van der Waals surface area (Å²) in [4.78, 5) is 0. The van der Waals surface area contributed by atoms with Crippen molar-refractivity contribution in [3.8, 4) is 0 Å². The largest absolute Gasteiger partial charge is 0.185 e. The predicted molar refractivity (Wildman–Crippen MR) is 95.8 cm³/mol. The summed E-state index contributed by atoms with van der Waals surface area (Å²) in [6.07, 6.45) is 5.72. The van der Waals surface area contributed by atoms with Crippen LogP contribution in [-0.2, 0) is 12.0 Å². The molecule has 0 aromatic heterocycles. The third kappa shape index (κ3) is 1.39. The monoisotopic (exact) mass is 314 g/mol. The number of hydrogen-bond acceptors (Lipinski definition) is 2. The van der Waals surface area contributed by atoms with Crippen molar-refractivity contribution >= 4 is 0 Å². The molecular formula is C22H22N2. The molecule has 120 valence electrons. The van der Waals surface area contributed by atoms with Crippen molar-refractivity contribution in [2.75, 3.05) is 0 Å². The van der Waals surface area contributed by atoms with Gasteiger partial charge in [-0.3, -0.25) is 0 Å².